The van der Waals surface area contributed by atoms with Crippen LogP contribution in [0.1, 0.15) is 5.56 Å². The number of hydrazone groups is 1. The molecule has 0 saturated heterocycles. The molecule has 31 heavy (non-hydrogen) atoms. The largest absolute Gasteiger partial charge is 0.490 e. The summed E-state index contributed by atoms with van der Waals surface area (Å²) >= 11 is 0. The molecule has 0 saturated carbocycles. The van der Waals surface area contributed by atoms with Gasteiger partial charge < -0.3 is 14.8 Å². The minimum Gasteiger partial charge on any atom is -0.490 e. The van der Waals surface area contributed by atoms with Crippen molar-refractivity contribution in [3.63, 3.8) is 0 Å². The van der Waals surface area contributed by atoms with Gasteiger partial charge in [0, 0.05) is 23.4 Å². The number of urea groups is 1. The zero-order chi connectivity index (χ0) is 21.9. The predicted molar refractivity (Wildman–Crippen MR) is 117 cm³/mol. The van der Waals surface area contributed by atoms with Crippen molar-refractivity contribution in [3.8, 4) is 11.5 Å². The van der Waals surface area contributed by atoms with Crippen LogP contribution in [0.3, 0.4) is 0 Å². The first-order chi connectivity index (χ1) is 15.1. The minimum absolute atomic E-state index is 0.00266. The van der Waals surface area contributed by atoms with Gasteiger partial charge in [0.25, 0.3) is 5.69 Å². The third-order valence-corrected chi connectivity index (χ3v) is 3.98. The molecule has 3 rings (SSSR count). The van der Waals surface area contributed by atoms with Gasteiger partial charge in [0.05, 0.1) is 11.1 Å². The Labute approximate surface area is 178 Å². The summed E-state index contributed by atoms with van der Waals surface area (Å²) in [5.74, 6) is 1.08. The first kappa shape index (κ1) is 21.3. The third-order valence-electron chi connectivity index (χ3n) is 3.98. The van der Waals surface area contributed by atoms with Gasteiger partial charge in [0.1, 0.15) is 24.7 Å². The van der Waals surface area contributed by atoms with Crippen molar-refractivity contribution in [1.82, 2.24) is 5.43 Å². The Morgan fingerprint density at radius 1 is 0.935 bits per heavy atom. The molecule has 0 spiro atoms. The first-order valence-corrected chi connectivity index (χ1v) is 9.36. The number of nitro groups is 1. The number of hydrogen-bond donors (Lipinski definition) is 2. The van der Waals surface area contributed by atoms with E-state index < -0.39 is 11.0 Å². The van der Waals surface area contributed by atoms with Crippen LogP contribution in [0.5, 0.6) is 11.5 Å². The molecule has 0 fully saturated rings. The third kappa shape index (κ3) is 6.86. The van der Waals surface area contributed by atoms with Crippen LogP contribution in [-0.4, -0.2) is 30.4 Å². The van der Waals surface area contributed by atoms with Gasteiger partial charge in [-0.15, -0.1) is 0 Å². The van der Waals surface area contributed by atoms with Crippen LogP contribution in [0.15, 0.2) is 84.0 Å². The number of para-hydroxylation sites is 2. The topological polar surface area (TPSA) is 115 Å². The Hall–Kier alpha value is -4.40. The predicted octanol–water partition coefficient (Wildman–Crippen LogP) is 4.21. The summed E-state index contributed by atoms with van der Waals surface area (Å²) in [6.45, 7) is 0.505. The Morgan fingerprint density at radius 3 is 2.35 bits per heavy atom. The Balaban J connectivity index is 1.46. The van der Waals surface area contributed by atoms with Crippen LogP contribution < -0.4 is 20.2 Å². The molecule has 0 aliphatic heterocycles. The normalized spacial score (nSPS) is 10.5. The molecule has 9 heteroatoms. The van der Waals surface area contributed by atoms with Gasteiger partial charge in [0.2, 0.25) is 0 Å². The van der Waals surface area contributed by atoms with E-state index in [1.807, 2.05) is 30.3 Å². The highest BCUT2D eigenvalue weighted by atomic mass is 16.6. The van der Waals surface area contributed by atoms with Gasteiger partial charge >= 0.3 is 6.03 Å². The molecule has 3 aromatic rings. The molecule has 9 nitrogen and oxygen atoms in total. The number of ether oxygens (including phenoxy) is 2. The van der Waals surface area contributed by atoms with E-state index in [1.54, 1.807) is 24.3 Å². The number of hydrogen-bond acceptors (Lipinski definition) is 6. The second kappa shape index (κ2) is 11.0. The number of rotatable bonds is 9. The fourth-order valence-corrected chi connectivity index (χ4v) is 2.53. The van der Waals surface area contributed by atoms with Crippen LogP contribution >= 0.6 is 0 Å². The van der Waals surface area contributed by atoms with Crippen LogP contribution in [0, 0.1) is 10.1 Å². The maximum Gasteiger partial charge on any atom is 0.339 e. The zero-order valence-corrected chi connectivity index (χ0v) is 16.4. The summed E-state index contributed by atoms with van der Waals surface area (Å²) in [6, 6.07) is 21.6. The molecule has 3 aromatic carbocycles. The molecule has 0 atom stereocenters. The summed E-state index contributed by atoms with van der Waals surface area (Å²) in [6.07, 6.45) is 1.48. The number of nitro benzene ring substituents is 1. The molecule has 0 aromatic heterocycles. The van der Waals surface area contributed by atoms with Gasteiger partial charge in [-0.1, -0.05) is 30.3 Å². The molecule has 0 aliphatic rings. The molecule has 0 unspecified atom stereocenters. The van der Waals surface area contributed by atoms with Crippen molar-refractivity contribution in [2.45, 2.75) is 0 Å². The molecule has 0 aliphatic carbocycles. The van der Waals surface area contributed by atoms with E-state index >= 15 is 0 Å². The number of carbonyl (C=O) groups excluding carboxylic acids is 1. The van der Waals surface area contributed by atoms with Crippen LogP contribution in [0.25, 0.3) is 0 Å². The molecule has 2 N–H and O–H groups in total. The van der Waals surface area contributed by atoms with Crippen LogP contribution in [-0.2, 0) is 0 Å². The highest BCUT2D eigenvalue weighted by Gasteiger charge is 2.05. The number of amides is 2. The van der Waals surface area contributed by atoms with Crippen molar-refractivity contribution in [2.24, 2.45) is 5.10 Å². The Kier molecular flexibility index (Phi) is 7.53. The summed E-state index contributed by atoms with van der Waals surface area (Å²) in [5, 5.41) is 17.3. The Bertz CT molecular complexity index is 1040. The van der Waals surface area contributed by atoms with E-state index in [1.165, 1.54) is 30.5 Å². The summed E-state index contributed by atoms with van der Waals surface area (Å²) < 4.78 is 11.2. The minimum atomic E-state index is -0.467. The van der Waals surface area contributed by atoms with E-state index in [4.69, 9.17) is 9.47 Å². The first-order valence-electron chi connectivity index (χ1n) is 9.36. The van der Waals surface area contributed by atoms with Crippen LogP contribution in [0.2, 0.25) is 0 Å². The van der Waals surface area contributed by atoms with Crippen molar-refractivity contribution >= 4 is 23.6 Å². The van der Waals surface area contributed by atoms with Gasteiger partial charge in [-0.25, -0.2) is 10.2 Å². The monoisotopic (exact) mass is 420 g/mol. The fourth-order valence-electron chi connectivity index (χ4n) is 2.53. The highest BCUT2D eigenvalue weighted by molar-refractivity contribution is 5.90. The van der Waals surface area contributed by atoms with Crippen LogP contribution in [0.4, 0.5) is 16.2 Å². The summed E-state index contributed by atoms with van der Waals surface area (Å²) in [4.78, 5) is 22.1. The quantitative estimate of drug-likeness (QED) is 0.233. The molecular weight excluding hydrogens is 400 g/mol. The Morgan fingerprint density at radius 2 is 1.61 bits per heavy atom. The molecule has 0 radical (unpaired) electrons. The number of nitrogens with one attached hydrogen (secondary N) is 2. The van der Waals surface area contributed by atoms with E-state index in [2.05, 4.69) is 15.8 Å². The molecule has 0 bridgehead atoms. The van der Waals surface area contributed by atoms with E-state index in [0.717, 1.165) is 0 Å². The standard InChI is InChI=1S/C22H20N4O5/c27-22(24-18-7-2-1-3-8-18)25-23-16-17-6-4-5-9-21(17)31-15-14-30-20-12-10-19(11-13-20)26(28)29/h1-13,16H,14-15H2,(H2,24,25,27). The summed E-state index contributed by atoms with van der Waals surface area (Å²) in [7, 11) is 0. The number of non-ortho nitro benzene ring substituents is 1. The smallest absolute Gasteiger partial charge is 0.339 e. The van der Waals surface area contributed by atoms with E-state index in [9.17, 15) is 14.9 Å². The molecule has 158 valence electrons. The van der Waals surface area contributed by atoms with Gasteiger partial charge in [0.15, 0.2) is 0 Å². The molecule has 0 heterocycles. The van der Waals surface area contributed by atoms with Crippen molar-refractivity contribution in [2.75, 3.05) is 18.5 Å². The molecule has 2 amide bonds. The lowest BCUT2D eigenvalue weighted by Crippen LogP contribution is -2.24. The number of nitrogens with zero attached hydrogens (tertiary/aromatic N) is 2. The van der Waals surface area contributed by atoms with Crippen molar-refractivity contribution in [3.05, 3.63) is 94.5 Å². The van der Waals surface area contributed by atoms with Gasteiger partial charge in [-0.2, -0.15) is 5.10 Å². The molecular formula is C22H20N4O5. The maximum atomic E-state index is 11.9. The average molecular weight is 420 g/mol. The maximum absolute atomic E-state index is 11.9. The lowest BCUT2D eigenvalue weighted by Gasteiger charge is -2.10. The van der Waals surface area contributed by atoms with Crippen molar-refractivity contribution < 1.29 is 19.2 Å². The second-order valence-electron chi connectivity index (χ2n) is 6.18. The van der Waals surface area contributed by atoms with Gasteiger partial charge in [-0.3, -0.25) is 10.1 Å². The second-order valence-corrected chi connectivity index (χ2v) is 6.18. The fraction of sp³-hybridized carbons (Fsp3) is 0.0909. The number of benzene rings is 3. The lowest BCUT2D eigenvalue weighted by molar-refractivity contribution is -0.384. The lowest BCUT2D eigenvalue weighted by atomic mass is 10.2. The SMILES string of the molecule is O=C(NN=Cc1ccccc1OCCOc1ccc([N+](=O)[O-])cc1)Nc1ccccc1. The van der Waals surface area contributed by atoms with E-state index in [-0.39, 0.29) is 18.9 Å². The number of anilines is 1. The van der Waals surface area contributed by atoms with Crippen molar-refractivity contribution in [1.29, 1.82) is 0 Å². The average Bonchev–Trinajstić information content (AvgIpc) is 2.78. The zero-order valence-electron chi connectivity index (χ0n) is 16.4. The highest BCUT2D eigenvalue weighted by Crippen LogP contribution is 2.18. The number of carbonyl (C=O) groups is 1. The van der Waals surface area contributed by atoms with Gasteiger partial charge in [-0.05, 0) is 36.4 Å². The van der Waals surface area contributed by atoms with E-state index in [0.29, 0.717) is 22.7 Å². The summed E-state index contributed by atoms with van der Waals surface area (Å²) in [5.41, 5.74) is 3.74.